The zero-order valence-electron chi connectivity index (χ0n) is 17.1. The number of methoxy groups -OCH3 is 2. The second kappa shape index (κ2) is 11.9. The van der Waals surface area contributed by atoms with Crippen molar-refractivity contribution in [3.05, 3.63) is 64.2 Å². The van der Waals surface area contributed by atoms with Crippen molar-refractivity contribution in [2.24, 2.45) is 0 Å². The highest BCUT2D eigenvalue weighted by Crippen LogP contribution is 2.27. The maximum Gasteiger partial charge on any atom is 0.276 e. The van der Waals surface area contributed by atoms with Gasteiger partial charge in [-0.1, -0.05) is 6.07 Å². The van der Waals surface area contributed by atoms with Crippen molar-refractivity contribution in [2.45, 2.75) is 0 Å². The van der Waals surface area contributed by atoms with Crippen LogP contribution in [0.25, 0.3) is 6.08 Å². The Hall–Kier alpha value is -4.19. The van der Waals surface area contributed by atoms with E-state index in [0.717, 1.165) is 0 Å². The zero-order valence-corrected chi connectivity index (χ0v) is 17.9. The monoisotopic (exact) mass is 460 g/mol. The van der Waals surface area contributed by atoms with Crippen LogP contribution in [0.1, 0.15) is 5.56 Å². The Balaban J connectivity index is 1.74. The van der Waals surface area contributed by atoms with Crippen LogP contribution in [0.15, 0.2) is 48.5 Å². The van der Waals surface area contributed by atoms with E-state index in [0.29, 0.717) is 17.1 Å². The van der Waals surface area contributed by atoms with Crippen LogP contribution in [0.3, 0.4) is 0 Å². The number of carbonyl (C=O) groups excluding carboxylic acids is 2. The second-order valence-corrected chi connectivity index (χ2v) is 6.39. The van der Waals surface area contributed by atoms with Gasteiger partial charge in [-0.05, 0) is 48.1 Å². The minimum Gasteiger partial charge on any atom is -0.493 e. The highest BCUT2D eigenvalue weighted by Gasteiger charge is 2.08. The van der Waals surface area contributed by atoms with Crippen LogP contribution in [-0.4, -0.2) is 42.7 Å². The van der Waals surface area contributed by atoms with Gasteiger partial charge in [-0.25, -0.2) is 0 Å². The Morgan fingerprint density at radius 3 is 2.38 bits per heavy atom. The number of amides is 2. The molecule has 3 N–H and O–H groups in total. The molecule has 2 rings (SSSR count). The summed E-state index contributed by atoms with van der Waals surface area (Å²) in [7, 11) is 3.03. The molecule has 0 unspecified atom stereocenters. The normalized spacial score (nSPS) is 10.2. The van der Waals surface area contributed by atoms with Gasteiger partial charge in [0.05, 0.1) is 19.1 Å². The Bertz CT molecular complexity index is 1030. The lowest BCUT2D eigenvalue weighted by atomic mass is 10.2. The maximum absolute atomic E-state index is 12.0. The summed E-state index contributed by atoms with van der Waals surface area (Å²) in [5.74, 6) is 0.259. The lowest BCUT2D eigenvalue weighted by Gasteiger charge is -2.10. The van der Waals surface area contributed by atoms with Gasteiger partial charge in [0.15, 0.2) is 23.2 Å². The topological polar surface area (TPSA) is 141 Å². The number of benzene rings is 2. The van der Waals surface area contributed by atoms with E-state index in [1.54, 1.807) is 24.3 Å². The van der Waals surface area contributed by atoms with Crippen LogP contribution in [0.5, 0.6) is 17.2 Å². The first-order valence-corrected chi connectivity index (χ1v) is 9.40. The molecule has 0 radical (unpaired) electrons. The molecule has 0 saturated heterocycles. The third-order valence-electron chi connectivity index (χ3n) is 3.80. The van der Waals surface area contributed by atoms with Gasteiger partial charge in [0.2, 0.25) is 5.91 Å². The van der Waals surface area contributed by atoms with Crippen LogP contribution < -0.4 is 30.4 Å². The van der Waals surface area contributed by atoms with E-state index < -0.39 is 16.7 Å². The average Bonchev–Trinajstić information content (AvgIpc) is 2.80. The van der Waals surface area contributed by atoms with Gasteiger partial charge in [0, 0.05) is 18.2 Å². The van der Waals surface area contributed by atoms with Gasteiger partial charge in [-0.15, -0.1) is 0 Å². The first kappa shape index (κ1) is 24.1. The number of nitrogens with one attached hydrogen (secondary N) is 3. The van der Waals surface area contributed by atoms with Crippen LogP contribution >= 0.6 is 12.2 Å². The summed E-state index contributed by atoms with van der Waals surface area (Å²) >= 11 is 4.94. The van der Waals surface area contributed by atoms with Crippen LogP contribution in [-0.2, 0) is 9.59 Å². The molecule has 0 heterocycles. The predicted molar refractivity (Wildman–Crippen MR) is 119 cm³/mol. The first-order valence-electron chi connectivity index (χ1n) is 8.99. The van der Waals surface area contributed by atoms with Gasteiger partial charge in [0.25, 0.3) is 11.6 Å². The van der Waals surface area contributed by atoms with Crippen molar-refractivity contribution in [3.63, 3.8) is 0 Å². The van der Waals surface area contributed by atoms with Crippen LogP contribution in [0, 0.1) is 10.1 Å². The summed E-state index contributed by atoms with van der Waals surface area (Å²) in [5, 5.41) is 12.8. The third-order valence-corrected chi connectivity index (χ3v) is 4.01. The molecule has 0 aliphatic heterocycles. The fourth-order valence-electron chi connectivity index (χ4n) is 2.29. The van der Waals surface area contributed by atoms with Crippen molar-refractivity contribution < 1.29 is 28.7 Å². The van der Waals surface area contributed by atoms with Gasteiger partial charge in [-0.2, -0.15) is 0 Å². The molecular formula is C20H20N4O7S. The number of hydrogen-bond donors (Lipinski definition) is 3. The molecule has 0 aliphatic rings. The van der Waals surface area contributed by atoms with Crippen LogP contribution in [0.4, 0.5) is 5.69 Å². The second-order valence-electron chi connectivity index (χ2n) is 5.98. The molecule has 0 aromatic heterocycles. The van der Waals surface area contributed by atoms with Crippen molar-refractivity contribution in [3.8, 4) is 17.2 Å². The quantitative estimate of drug-likeness (QED) is 0.232. The van der Waals surface area contributed by atoms with Gasteiger partial charge < -0.3 is 14.2 Å². The van der Waals surface area contributed by atoms with Gasteiger partial charge in [-0.3, -0.25) is 35.9 Å². The van der Waals surface area contributed by atoms with Crippen molar-refractivity contribution in [1.29, 1.82) is 0 Å². The molecule has 0 spiro atoms. The summed E-state index contributed by atoms with van der Waals surface area (Å²) in [4.78, 5) is 33.8. The number of ether oxygens (including phenoxy) is 3. The molecular weight excluding hydrogens is 440 g/mol. The van der Waals surface area contributed by atoms with E-state index in [4.69, 9.17) is 26.4 Å². The molecule has 12 heteroatoms. The van der Waals surface area contributed by atoms with E-state index >= 15 is 0 Å². The Morgan fingerprint density at radius 1 is 1.06 bits per heavy atom. The van der Waals surface area contributed by atoms with E-state index in [1.165, 1.54) is 44.6 Å². The molecule has 168 valence electrons. The van der Waals surface area contributed by atoms with Gasteiger partial charge >= 0.3 is 0 Å². The summed E-state index contributed by atoms with van der Waals surface area (Å²) in [6.45, 7) is -0.374. The number of thiocarbonyl (C=S) groups is 1. The fraction of sp³-hybridized carbons (Fsp3) is 0.150. The lowest BCUT2D eigenvalue weighted by molar-refractivity contribution is -0.384. The van der Waals surface area contributed by atoms with Gasteiger partial charge in [0.1, 0.15) is 5.75 Å². The minimum absolute atomic E-state index is 0.0928. The maximum atomic E-state index is 12.0. The Labute approximate surface area is 188 Å². The van der Waals surface area contributed by atoms with E-state index in [2.05, 4.69) is 16.2 Å². The molecule has 11 nitrogen and oxygen atoms in total. The molecule has 0 bridgehead atoms. The Kier molecular flexibility index (Phi) is 8.92. The summed E-state index contributed by atoms with van der Waals surface area (Å²) in [6.07, 6.45) is 2.81. The van der Waals surface area contributed by atoms with E-state index in [9.17, 15) is 19.7 Å². The summed E-state index contributed by atoms with van der Waals surface area (Å²) in [6, 6.07) is 10.4. The van der Waals surface area contributed by atoms with Crippen molar-refractivity contribution in [2.75, 3.05) is 20.8 Å². The standard InChI is InChI=1S/C20H20N4O7S/c1-29-16-9-3-13(11-17(16)30-2)4-10-18(25)21-20(32)23-22-19(26)12-31-15-7-5-14(6-8-15)24(27)28/h3-11H,12H2,1-2H3,(H,22,26)(H2,21,23,25,32). The molecule has 0 fully saturated rings. The highest BCUT2D eigenvalue weighted by molar-refractivity contribution is 7.80. The molecule has 0 aliphatic carbocycles. The highest BCUT2D eigenvalue weighted by atomic mass is 32.1. The van der Waals surface area contributed by atoms with E-state index in [-0.39, 0.29) is 23.2 Å². The molecule has 2 amide bonds. The first-order chi connectivity index (χ1) is 15.3. The summed E-state index contributed by atoms with van der Waals surface area (Å²) < 4.78 is 15.6. The predicted octanol–water partition coefficient (Wildman–Crippen LogP) is 1.73. The van der Waals surface area contributed by atoms with Crippen molar-refractivity contribution in [1.82, 2.24) is 16.2 Å². The fourth-order valence-corrected chi connectivity index (χ4v) is 2.44. The smallest absolute Gasteiger partial charge is 0.276 e. The number of hydrogen-bond acceptors (Lipinski definition) is 8. The average molecular weight is 460 g/mol. The molecule has 0 saturated carbocycles. The molecule has 0 atom stereocenters. The summed E-state index contributed by atoms with van der Waals surface area (Å²) in [5.41, 5.74) is 5.23. The SMILES string of the molecule is COc1ccc(C=CC(=O)NC(=S)NNC(=O)COc2ccc([N+](=O)[O-])cc2)cc1OC. The number of non-ortho nitro benzene ring substituents is 1. The third kappa shape index (κ3) is 7.57. The number of nitrogens with zero attached hydrogens (tertiary/aromatic N) is 1. The van der Waals surface area contributed by atoms with Crippen LogP contribution in [0.2, 0.25) is 0 Å². The number of carbonyl (C=O) groups is 2. The number of nitro groups is 1. The Morgan fingerprint density at radius 2 is 1.75 bits per heavy atom. The van der Waals surface area contributed by atoms with E-state index in [1.807, 2.05) is 0 Å². The molecule has 2 aromatic rings. The lowest BCUT2D eigenvalue weighted by Crippen LogP contribution is -2.49. The largest absolute Gasteiger partial charge is 0.493 e. The molecule has 2 aromatic carbocycles. The number of rotatable bonds is 8. The minimum atomic E-state index is -0.583. The van der Waals surface area contributed by atoms with Crippen molar-refractivity contribution >= 4 is 40.9 Å². The number of nitro benzene ring substituents is 1. The number of hydrazine groups is 1. The molecule has 32 heavy (non-hydrogen) atoms. The zero-order chi connectivity index (χ0) is 23.5.